The Labute approximate surface area is 119 Å². The highest BCUT2D eigenvalue weighted by atomic mass is 35.5. The molecule has 1 aromatic carbocycles. The first-order chi connectivity index (χ1) is 8.68. The smallest absolute Gasteiger partial charge is 0.0640 e. The second kappa shape index (κ2) is 6.76. The summed E-state index contributed by atoms with van der Waals surface area (Å²) < 4.78 is 0. The third-order valence-electron chi connectivity index (χ3n) is 3.59. The van der Waals surface area contributed by atoms with Crippen LogP contribution in [0.5, 0.6) is 0 Å². The molecule has 100 valence electrons. The van der Waals surface area contributed by atoms with E-state index in [2.05, 4.69) is 4.90 Å². The molecular weight excluding hydrogens is 267 g/mol. The van der Waals surface area contributed by atoms with Crippen molar-refractivity contribution in [2.75, 3.05) is 19.6 Å². The fourth-order valence-electron chi connectivity index (χ4n) is 2.47. The summed E-state index contributed by atoms with van der Waals surface area (Å²) in [5.74, 6) is 0. The molecule has 2 rings (SSSR count). The molecular formula is C14H20Cl2N2. The van der Waals surface area contributed by atoms with Gasteiger partial charge in [0.25, 0.3) is 0 Å². The summed E-state index contributed by atoms with van der Waals surface area (Å²) in [6, 6.07) is 5.64. The highest BCUT2D eigenvalue weighted by Gasteiger charge is 2.15. The van der Waals surface area contributed by atoms with E-state index in [4.69, 9.17) is 28.9 Å². The van der Waals surface area contributed by atoms with Crippen molar-refractivity contribution in [3.05, 3.63) is 33.8 Å². The Morgan fingerprint density at radius 3 is 2.61 bits per heavy atom. The third kappa shape index (κ3) is 3.61. The molecule has 0 bridgehead atoms. The van der Waals surface area contributed by atoms with E-state index >= 15 is 0 Å². The summed E-state index contributed by atoms with van der Waals surface area (Å²) in [5, 5.41) is 1.19. The summed E-state index contributed by atoms with van der Waals surface area (Å²) in [6.45, 7) is 3.45. The van der Waals surface area contributed by atoms with E-state index in [1.54, 1.807) is 6.07 Å². The van der Waals surface area contributed by atoms with Gasteiger partial charge in [-0.1, -0.05) is 41.8 Å². The largest absolute Gasteiger partial charge is 0.324 e. The topological polar surface area (TPSA) is 29.3 Å². The molecule has 0 aromatic heterocycles. The van der Waals surface area contributed by atoms with Crippen LogP contribution in [0, 0.1) is 0 Å². The molecule has 1 unspecified atom stereocenters. The Kier molecular flexibility index (Phi) is 5.31. The summed E-state index contributed by atoms with van der Waals surface area (Å²) in [6.07, 6.45) is 4.92. The fraction of sp³-hybridized carbons (Fsp3) is 0.571. The van der Waals surface area contributed by atoms with Gasteiger partial charge in [0.15, 0.2) is 0 Å². The lowest BCUT2D eigenvalue weighted by Crippen LogP contribution is -2.32. The molecule has 0 aliphatic carbocycles. The summed E-state index contributed by atoms with van der Waals surface area (Å²) in [7, 11) is 0. The van der Waals surface area contributed by atoms with Crippen molar-refractivity contribution in [2.24, 2.45) is 5.73 Å². The minimum atomic E-state index is -0.0295. The molecule has 1 saturated heterocycles. The van der Waals surface area contributed by atoms with Gasteiger partial charge >= 0.3 is 0 Å². The molecule has 2 N–H and O–H groups in total. The van der Waals surface area contributed by atoms with Gasteiger partial charge in [-0.3, -0.25) is 0 Å². The molecule has 18 heavy (non-hydrogen) atoms. The van der Waals surface area contributed by atoms with Crippen LogP contribution < -0.4 is 5.73 Å². The highest BCUT2D eigenvalue weighted by Crippen LogP contribution is 2.30. The number of halogens is 2. The van der Waals surface area contributed by atoms with E-state index in [1.165, 1.54) is 32.4 Å². The molecule has 0 amide bonds. The number of likely N-dealkylation sites (tertiary alicyclic amines) is 1. The van der Waals surface area contributed by atoms with E-state index in [-0.39, 0.29) is 6.04 Å². The van der Waals surface area contributed by atoms with Gasteiger partial charge in [0.2, 0.25) is 0 Å². The van der Waals surface area contributed by atoms with E-state index in [0.717, 1.165) is 18.5 Å². The van der Waals surface area contributed by atoms with Gasteiger partial charge in [0.1, 0.15) is 0 Å². The molecule has 0 radical (unpaired) electrons. The van der Waals surface area contributed by atoms with Gasteiger partial charge in [-0.15, -0.1) is 0 Å². The van der Waals surface area contributed by atoms with E-state index < -0.39 is 0 Å². The molecule has 1 aliphatic rings. The summed E-state index contributed by atoms with van der Waals surface area (Å²) in [5.41, 5.74) is 7.17. The number of nitrogens with zero attached hydrogens (tertiary/aromatic N) is 1. The Morgan fingerprint density at radius 1 is 1.17 bits per heavy atom. The number of nitrogens with two attached hydrogens (primary N) is 1. The Hall–Kier alpha value is -0.280. The fourth-order valence-corrected chi connectivity index (χ4v) is 2.91. The maximum absolute atomic E-state index is 6.21. The zero-order valence-corrected chi connectivity index (χ0v) is 12.1. The Morgan fingerprint density at radius 2 is 1.89 bits per heavy atom. The van der Waals surface area contributed by atoms with Crippen molar-refractivity contribution < 1.29 is 0 Å². The SMILES string of the molecule is NC(CCN1CCCCC1)c1cccc(Cl)c1Cl. The van der Waals surface area contributed by atoms with E-state index in [9.17, 15) is 0 Å². The molecule has 1 fully saturated rings. The van der Waals surface area contributed by atoms with Gasteiger partial charge < -0.3 is 10.6 Å². The zero-order chi connectivity index (χ0) is 13.0. The number of piperidine rings is 1. The first-order valence-corrected chi connectivity index (χ1v) is 7.36. The monoisotopic (exact) mass is 286 g/mol. The molecule has 1 atom stereocenters. The van der Waals surface area contributed by atoms with Crippen molar-refractivity contribution in [3.63, 3.8) is 0 Å². The van der Waals surface area contributed by atoms with Crippen LogP contribution in [-0.2, 0) is 0 Å². The van der Waals surface area contributed by atoms with Crippen LogP contribution >= 0.6 is 23.2 Å². The highest BCUT2D eigenvalue weighted by molar-refractivity contribution is 6.42. The lowest BCUT2D eigenvalue weighted by molar-refractivity contribution is 0.221. The van der Waals surface area contributed by atoms with Crippen molar-refractivity contribution >= 4 is 23.2 Å². The Bertz CT molecular complexity index is 389. The van der Waals surface area contributed by atoms with Crippen molar-refractivity contribution in [1.82, 2.24) is 4.90 Å². The van der Waals surface area contributed by atoms with Gasteiger partial charge in [0.05, 0.1) is 10.0 Å². The van der Waals surface area contributed by atoms with Crippen LogP contribution in [0.1, 0.15) is 37.3 Å². The second-order valence-corrected chi connectivity index (χ2v) is 5.73. The average Bonchev–Trinajstić information content (AvgIpc) is 2.40. The number of hydrogen-bond donors (Lipinski definition) is 1. The minimum Gasteiger partial charge on any atom is -0.324 e. The second-order valence-electron chi connectivity index (χ2n) is 4.94. The zero-order valence-electron chi connectivity index (χ0n) is 10.5. The van der Waals surface area contributed by atoms with Gasteiger partial charge in [0, 0.05) is 6.04 Å². The predicted molar refractivity (Wildman–Crippen MR) is 78.3 cm³/mol. The van der Waals surface area contributed by atoms with Gasteiger partial charge in [-0.2, -0.15) is 0 Å². The van der Waals surface area contributed by atoms with Crippen LogP contribution in [0.2, 0.25) is 10.0 Å². The Balaban J connectivity index is 1.90. The number of hydrogen-bond acceptors (Lipinski definition) is 2. The molecule has 1 aromatic rings. The van der Waals surface area contributed by atoms with Crippen LogP contribution in [0.4, 0.5) is 0 Å². The van der Waals surface area contributed by atoms with Crippen LogP contribution in [0.15, 0.2) is 18.2 Å². The van der Waals surface area contributed by atoms with Crippen molar-refractivity contribution in [2.45, 2.75) is 31.7 Å². The van der Waals surface area contributed by atoms with Crippen molar-refractivity contribution in [3.8, 4) is 0 Å². The maximum Gasteiger partial charge on any atom is 0.0640 e. The maximum atomic E-state index is 6.21. The first kappa shape index (κ1) is 14.1. The lowest BCUT2D eigenvalue weighted by Gasteiger charge is -2.27. The molecule has 0 spiro atoms. The minimum absolute atomic E-state index is 0.0295. The average molecular weight is 287 g/mol. The number of benzene rings is 1. The standard InChI is InChI=1S/C14H20Cl2N2/c15-12-6-4-5-11(14(12)16)13(17)7-10-18-8-2-1-3-9-18/h4-6,13H,1-3,7-10,17H2. The molecule has 1 aliphatic heterocycles. The lowest BCUT2D eigenvalue weighted by atomic mass is 10.0. The summed E-state index contributed by atoms with van der Waals surface area (Å²) >= 11 is 12.2. The third-order valence-corrected chi connectivity index (χ3v) is 4.42. The number of rotatable bonds is 4. The van der Waals surface area contributed by atoms with E-state index in [0.29, 0.717) is 10.0 Å². The van der Waals surface area contributed by atoms with E-state index in [1.807, 2.05) is 12.1 Å². The molecule has 1 heterocycles. The van der Waals surface area contributed by atoms with Crippen LogP contribution in [-0.4, -0.2) is 24.5 Å². The van der Waals surface area contributed by atoms with Gasteiger partial charge in [-0.05, 0) is 50.5 Å². The first-order valence-electron chi connectivity index (χ1n) is 6.60. The van der Waals surface area contributed by atoms with Gasteiger partial charge in [-0.25, -0.2) is 0 Å². The molecule has 4 heteroatoms. The molecule has 2 nitrogen and oxygen atoms in total. The van der Waals surface area contributed by atoms with Crippen LogP contribution in [0.25, 0.3) is 0 Å². The van der Waals surface area contributed by atoms with Crippen molar-refractivity contribution in [1.29, 1.82) is 0 Å². The molecule has 0 saturated carbocycles. The predicted octanol–water partition coefficient (Wildman–Crippen LogP) is 3.87. The van der Waals surface area contributed by atoms with Crippen LogP contribution in [0.3, 0.4) is 0 Å². The normalized spacial score (nSPS) is 18.8. The summed E-state index contributed by atoms with van der Waals surface area (Å²) in [4.78, 5) is 2.49. The quantitative estimate of drug-likeness (QED) is 0.911.